The molecule has 0 amide bonds. The average molecular weight is 565 g/mol. The molecule has 2 aliphatic rings. The van der Waals surface area contributed by atoms with Gasteiger partial charge in [0.1, 0.15) is 11.6 Å². The SMILES string of the molecule is Cc1cc(C)c(B2c3cccnc3N3c4cc5ccccc5cc4N(c4ccccn4)c4cc5ccccc5c2c43)c(C)c1. The van der Waals surface area contributed by atoms with Crippen molar-refractivity contribution < 1.29 is 0 Å². The summed E-state index contributed by atoms with van der Waals surface area (Å²) < 4.78 is 0. The Morgan fingerprint density at radius 3 is 1.91 bits per heavy atom. The van der Waals surface area contributed by atoms with E-state index in [9.17, 15) is 0 Å². The van der Waals surface area contributed by atoms with Crippen molar-refractivity contribution in [2.45, 2.75) is 20.8 Å². The van der Waals surface area contributed by atoms with Crippen LogP contribution in [0.3, 0.4) is 0 Å². The van der Waals surface area contributed by atoms with Gasteiger partial charge in [0.05, 0.1) is 22.7 Å². The first-order chi connectivity index (χ1) is 21.6. The minimum atomic E-state index is 0.0167. The van der Waals surface area contributed by atoms with E-state index in [2.05, 4.69) is 134 Å². The van der Waals surface area contributed by atoms with E-state index < -0.39 is 0 Å². The quantitative estimate of drug-likeness (QED) is 0.201. The Morgan fingerprint density at radius 2 is 1.18 bits per heavy atom. The lowest BCUT2D eigenvalue weighted by atomic mass is 9.33. The van der Waals surface area contributed by atoms with Crippen LogP contribution in [-0.2, 0) is 0 Å². The largest absolute Gasteiger partial charge is 0.292 e. The van der Waals surface area contributed by atoms with E-state index in [1.807, 2.05) is 18.5 Å². The van der Waals surface area contributed by atoms with Gasteiger partial charge in [0.15, 0.2) is 0 Å². The van der Waals surface area contributed by atoms with Gasteiger partial charge in [-0.25, -0.2) is 9.97 Å². The van der Waals surface area contributed by atoms with Gasteiger partial charge in [0.2, 0.25) is 6.71 Å². The topological polar surface area (TPSA) is 32.3 Å². The van der Waals surface area contributed by atoms with Crippen LogP contribution in [0, 0.1) is 20.8 Å². The zero-order valence-corrected chi connectivity index (χ0v) is 24.9. The third-order valence-electron chi connectivity index (χ3n) is 9.36. The molecule has 2 aliphatic heterocycles. The number of hydrogen-bond donors (Lipinski definition) is 0. The van der Waals surface area contributed by atoms with Crippen molar-refractivity contribution in [1.82, 2.24) is 9.97 Å². The summed E-state index contributed by atoms with van der Waals surface area (Å²) in [5.41, 5.74) is 12.3. The third kappa shape index (κ3) is 3.47. The van der Waals surface area contributed by atoms with E-state index in [1.165, 1.54) is 60.3 Å². The summed E-state index contributed by atoms with van der Waals surface area (Å²) in [7, 11) is 0. The standard InChI is InChI=1S/C39H29BN4/c1-24-19-25(2)36(26(3)20-24)40-31-15-10-18-42-39(31)44-33-22-28-12-5-4-11-27(28)21-32(33)43(35-16-8-9-17-41-35)34-23-29-13-6-7-14-30(29)37(40)38(34)44/h4-23H,1-3H3. The summed E-state index contributed by atoms with van der Waals surface area (Å²) in [4.78, 5) is 14.8. The van der Waals surface area contributed by atoms with Gasteiger partial charge in [-0.1, -0.05) is 94.9 Å². The first-order valence-corrected chi connectivity index (χ1v) is 15.2. The molecule has 0 aliphatic carbocycles. The van der Waals surface area contributed by atoms with Gasteiger partial charge in [-0.15, -0.1) is 0 Å². The predicted octanol–water partition coefficient (Wildman–Crippen LogP) is 7.79. The zero-order chi connectivity index (χ0) is 29.5. The van der Waals surface area contributed by atoms with E-state index in [1.54, 1.807) is 0 Å². The van der Waals surface area contributed by atoms with Gasteiger partial charge >= 0.3 is 0 Å². The van der Waals surface area contributed by atoms with Gasteiger partial charge in [0, 0.05) is 12.4 Å². The molecule has 0 bridgehead atoms. The highest BCUT2D eigenvalue weighted by atomic mass is 15.3. The first-order valence-electron chi connectivity index (χ1n) is 15.2. The molecule has 0 fully saturated rings. The highest BCUT2D eigenvalue weighted by Crippen LogP contribution is 2.55. The molecular weight excluding hydrogens is 535 g/mol. The Balaban J connectivity index is 1.48. The molecule has 0 radical (unpaired) electrons. The first kappa shape index (κ1) is 25.1. The molecule has 208 valence electrons. The predicted molar refractivity (Wildman–Crippen MR) is 185 cm³/mol. The monoisotopic (exact) mass is 564 g/mol. The minimum Gasteiger partial charge on any atom is -0.292 e. The summed E-state index contributed by atoms with van der Waals surface area (Å²) >= 11 is 0. The van der Waals surface area contributed by atoms with Gasteiger partial charge in [-0.05, 0) is 89.6 Å². The lowest BCUT2D eigenvalue weighted by molar-refractivity contribution is 1.11. The van der Waals surface area contributed by atoms with Crippen molar-refractivity contribution in [1.29, 1.82) is 0 Å². The highest BCUT2D eigenvalue weighted by molar-refractivity contribution is 7.00. The van der Waals surface area contributed by atoms with Crippen LogP contribution in [0.25, 0.3) is 21.5 Å². The van der Waals surface area contributed by atoms with E-state index >= 15 is 0 Å². The van der Waals surface area contributed by atoms with Crippen LogP contribution in [0.4, 0.5) is 34.4 Å². The second kappa shape index (κ2) is 9.29. The number of benzene rings is 5. The fourth-order valence-electron chi connectivity index (χ4n) is 7.75. The number of fused-ring (bicyclic) bond motifs is 7. The molecule has 4 nitrogen and oxygen atoms in total. The smallest absolute Gasteiger partial charge is 0.250 e. The van der Waals surface area contributed by atoms with Crippen molar-refractivity contribution in [3.8, 4) is 0 Å². The third-order valence-corrected chi connectivity index (χ3v) is 9.36. The molecule has 0 saturated carbocycles. The van der Waals surface area contributed by atoms with E-state index in [0.717, 1.165) is 28.7 Å². The van der Waals surface area contributed by atoms with Crippen molar-refractivity contribution in [3.63, 3.8) is 0 Å². The number of anilines is 6. The molecule has 7 aromatic rings. The molecule has 0 unspecified atom stereocenters. The summed E-state index contributed by atoms with van der Waals surface area (Å²) in [6.07, 6.45) is 3.82. The molecule has 0 saturated heterocycles. The molecule has 9 rings (SSSR count). The van der Waals surface area contributed by atoms with Gasteiger partial charge in [0.25, 0.3) is 0 Å². The lowest BCUT2D eigenvalue weighted by Gasteiger charge is -2.45. The van der Waals surface area contributed by atoms with Crippen LogP contribution in [0.15, 0.2) is 122 Å². The summed E-state index contributed by atoms with van der Waals surface area (Å²) in [5.74, 6) is 1.88. The zero-order valence-electron chi connectivity index (χ0n) is 24.9. The number of nitrogens with zero attached hydrogens (tertiary/aromatic N) is 4. The molecule has 44 heavy (non-hydrogen) atoms. The van der Waals surface area contributed by atoms with E-state index in [-0.39, 0.29) is 6.71 Å². The Hall–Kier alpha value is -5.42. The van der Waals surface area contributed by atoms with E-state index in [4.69, 9.17) is 9.97 Å². The summed E-state index contributed by atoms with van der Waals surface area (Å²) in [5, 5.41) is 4.87. The maximum atomic E-state index is 5.15. The van der Waals surface area contributed by atoms with Crippen molar-refractivity contribution in [2.75, 3.05) is 9.80 Å². The normalized spacial score (nSPS) is 13.2. The molecule has 0 N–H and O–H groups in total. The summed E-state index contributed by atoms with van der Waals surface area (Å²) in [6, 6.07) is 39.6. The fourth-order valence-corrected chi connectivity index (χ4v) is 7.75. The summed E-state index contributed by atoms with van der Waals surface area (Å²) in [6.45, 7) is 6.73. The van der Waals surface area contributed by atoms with Gasteiger partial charge in [-0.3, -0.25) is 9.80 Å². The Morgan fingerprint density at radius 1 is 0.545 bits per heavy atom. The van der Waals surface area contributed by atoms with Crippen LogP contribution >= 0.6 is 0 Å². The number of pyridine rings is 2. The number of rotatable bonds is 2. The molecule has 4 heterocycles. The molecule has 2 aromatic heterocycles. The highest BCUT2D eigenvalue weighted by Gasteiger charge is 2.44. The Kier molecular flexibility index (Phi) is 5.30. The second-order valence-corrected chi connectivity index (χ2v) is 12.1. The van der Waals surface area contributed by atoms with Crippen LogP contribution in [0.2, 0.25) is 0 Å². The van der Waals surface area contributed by atoms with Crippen molar-refractivity contribution in [3.05, 3.63) is 138 Å². The molecule has 0 atom stereocenters. The molecule has 0 spiro atoms. The van der Waals surface area contributed by atoms with Gasteiger partial charge in [-0.2, -0.15) is 0 Å². The average Bonchev–Trinajstić information content (AvgIpc) is 3.04. The van der Waals surface area contributed by atoms with Crippen LogP contribution in [0.5, 0.6) is 0 Å². The minimum absolute atomic E-state index is 0.0167. The number of hydrogen-bond acceptors (Lipinski definition) is 4. The maximum Gasteiger partial charge on any atom is 0.250 e. The number of aryl methyl sites for hydroxylation is 3. The second-order valence-electron chi connectivity index (χ2n) is 12.1. The molecular formula is C39H29BN4. The lowest BCUT2D eigenvalue weighted by Crippen LogP contribution is -2.60. The van der Waals surface area contributed by atoms with Crippen molar-refractivity contribution in [2.24, 2.45) is 0 Å². The molecule has 5 heteroatoms. The van der Waals surface area contributed by atoms with Crippen LogP contribution in [-0.4, -0.2) is 16.7 Å². The van der Waals surface area contributed by atoms with Gasteiger partial charge < -0.3 is 0 Å². The Labute approximate surface area is 257 Å². The Bertz CT molecular complexity index is 2270. The van der Waals surface area contributed by atoms with Crippen LogP contribution in [0.1, 0.15) is 16.7 Å². The van der Waals surface area contributed by atoms with Crippen LogP contribution < -0.4 is 26.2 Å². The van der Waals surface area contributed by atoms with E-state index in [0.29, 0.717) is 0 Å². The fraction of sp³-hybridized carbons (Fsp3) is 0.0769. The molecule has 5 aromatic carbocycles. The van der Waals surface area contributed by atoms with Crippen molar-refractivity contribution >= 4 is 79.0 Å². The maximum absolute atomic E-state index is 5.15. The number of aromatic nitrogens is 2.